The molecule has 7 N–H and O–H groups in total. The van der Waals surface area contributed by atoms with Gasteiger partial charge in [-0.25, -0.2) is 4.79 Å². The first-order valence-electron chi connectivity index (χ1n) is 14.5. The predicted octanol–water partition coefficient (Wildman–Crippen LogP) is -0.0588. The van der Waals surface area contributed by atoms with E-state index in [2.05, 4.69) is 0 Å². The lowest BCUT2D eigenvalue weighted by Gasteiger charge is -2.46. The fourth-order valence-electron chi connectivity index (χ4n) is 5.08. The van der Waals surface area contributed by atoms with Crippen molar-refractivity contribution in [3.63, 3.8) is 0 Å². The highest BCUT2D eigenvalue weighted by Gasteiger charge is 2.51. The molecule has 2 heterocycles. The number of esters is 1. The number of benzene rings is 2. The zero-order chi connectivity index (χ0) is 33.5. The van der Waals surface area contributed by atoms with Crippen molar-refractivity contribution in [3.05, 3.63) is 53.6 Å². The molecular formula is C31H40O15. The maximum Gasteiger partial charge on any atom is 0.330 e. The SMILES string of the molecule is COc1cc(C=CC(=O)OC[C@@H]2O[C@@H](OCCc3ccc(O)c(O)c3)[C@@H](O)[C@H](O[C@H]3O[C@H](C)[C@H](O)[C@@H](O)[C@@H]3O)[C@@H]2OC)ccc1O. The molecule has 254 valence electrons. The van der Waals surface area contributed by atoms with Gasteiger partial charge in [-0.05, 0) is 54.8 Å². The fourth-order valence-corrected chi connectivity index (χ4v) is 5.08. The monoisotopic (exact) mass is 652 g/mol. The zero-order valence-electron chi connectivity index (χ0n) is 25.4. The van der Waals surface area contributed by atoms with Crippen molar-refractivity contribution in [3.8, 4) is 23.0 Å². The van der Waals surface area contributed by atoms with Gasteiger partial charge in [0.05, 0.1) is 19.8 Å². The lowest BCUT2D eigenvalue weighted by Crippen LogP contribution is -2.64. The van der Waals surface area contributed by atoms with Crippen molar-refractivity contribution in [1.82, 2.24) is 0 Å². The van der Waals surface area contributed by atoms with Crippen LogP contribution < -0.4 is 4.74 Å². The molecule has 0 aliphatic carbocycles. The van der Waals surface area contributed by atoms with Gasteiger partial charge in [-0.2, -0.15) is 0 Å². The normalized spacial score (nSPS) is 31.5. The number of aromatic hydroxyl groups is 3. The Bertz CT molecular complexity index is 1340. The van der Waals surface area contributed by atoms with E-state index in [0.717, 1.165) is 6.08 Å². The van der Waals surface area contributed by atoms with Crippen LogP contribution in [0.25, 0.3) is 6.08 Å². The van der Waals surface area contributed by atoms with Gasteiger partial charge in [0.1, 0.15) is 49.3 Å². The van der Waals surface area contributed by atoms with Crippen molar-refractivity contribution in [1.29, 1.82) is 0 Å². The minimum Gasteiger partial charge on any atom is -0.504 e. The Balaban J connectivity index is 1.48. The van der Waals surface area contributed by atoms with Crippen LogP contribution >= 0.6 is 0 Å². The number of aliphatic hydroxyl groups excluding tert-OH is 4. The van der Waals surface area contributed by atoms with E-state index in [0.29, 0.717) is 11.1 Å². The Morgan fingerprint density at radius 3 is 2.28 bits per heavy atom. The minimum absolute atomic E-state index is 0.0217. The molecule has 0 aromatic heterocycles. The largest absolute Gasteiger partial charge is 0.504 e. The molecule has 0 spiro atoms. The number of carbonyl (C=O) groups is 1. The summed E-state index contributed by atoms with van der Waals surface area (Å²) < 4.78 is 39.3. The van der Waals surface area contributed by atoms with Crippen molar-refractivity contribution < 1.29 is 73.7 Å². The van der Waals surface area contributed by atoms with Crippen LogP contribution in [0.5, 0.6) is 23.0 Å². The van der Waals surface area contributed by atoms with Crippen LogP contribution in [0, 0.1) is 0 Å². The highest BCUT2D eigenvalue weighted by atomic mass is 16.7. The Morgan fingerprint density at radius 2 is 1.59 bits per heavy atom. The topological polar surface area (TPSA) is 223 Å². The molecule has 0 unspecified atom stereocenters. The lowest BCUT2D eigenvalue weighted by molar-refractivity contribution is -0.359. The third-order valence-corrected chi connectivity index (χ3v) is 7.70. The number of aliphatic hydroxyl groups is 4. The first-order valence-corrected chi connectivity index (χ1v) is 14.5. The van der Waals surface area contributed by atoms with Crippen molar-refractivity contribution in [2.24, 2.45) is 0 Å². The summed E-state index contributed by atoms with van der Waals surface area (Å²) in [6.45, 7) is 1.07. The summed E-state index contributed by atoms with van der Waals surface area (Å²) in [6, 6.07) is 8.76. The van der Waals surface area contributed by atoms with Gasteiger partial charge in [-0.3, -0.25) is 0 Å². The van der Waals surface area contributed by atoms with Crippen LogP contribution in [0.15, 0.2) is 42.5 Å². The molecule has 0 bridgehead atoms. The summed E-state index contributed by atoms with van der Waals surface area (Å²) in [5, 5.41) is 71.2. The van der Waals surface area contributed by atoms with E-state index in [-0.39, 0.29) is 42.6 Å². The summed E-state index contributed by atoms with van der Waals surface area (Å²) in [5.74, 6) is -1.19. The van der Waals surface area contributed by atoms with Gasteiger partial charge in [0.2, 0.25) is 0 Å². The Labute approximate surface area is 264 Å². The van der Waals surface area contributed by atoms with E-state index in [1.165, 1.54) is 51.5 Å². The number of rotatable bonds is 12. The van der Waals surface area contributed by atoms with Crippen LogP contribution in [-0.2, 0) is 39.6 Å². The minimum atomic E-state index is -1.68. The van der Waals surface area contributed by atoms with Gasteiger partial charge in [0.15, 0.2) is 35.6 Å². The molecule has 2 aromatic rings. The molecule has 4 rings (SSSR count). The predicted molar refractivity (Wildman–Crippen MR) is 157 cm³/mol. The van der Waals surface area contributed by atoms with E-state index >= 15 is 0 Å². The number of phenols is 3. The van der Waals surface area contributed by atoms with Crippen LogP contribution in [0.4, 0.5) is 0 Å². The molecule has 2 aromatic carbocycles. The van der Waals surface area contributed by atoms with Gasteiger partial charge in [-0.15, -0.1) is 0 Å². The maximum atomic E-state index is 12.6. The second kappa shape index (κ2) is 15.9. The number of hydrogen-bond acceptors (Lipinski definition) is 15. The molecule has 2 aliphatic rings. The summed E-state index contributed by atoms with van der Waals surface area (Å²) >= 11 is 0. The van der Waals surface area contributed by atoms with E-state index in [1.54, 1.807) is 12.1 Å². The van der Waals surface area contributed by atoms with E-state index in [9.17, 15) is 40.5 Å². The quantitative estimate of drug-likeness (QED) is 0.0906. The van der Waals surface area contributed by atoms with Crippen LogP contribution in [0.3, 0.4) is 0 Å². The van der Waals surface area contributed by atoms with Gasteiger partial charge in [-0.1, -0.05) is 12.1 Å². The first-order chi connectivity index (χ1) is 21.9. The van der Waals surface area contributed by atoms with Crippen molar-refractivity contribution in [2.45, 2.75) is 74.8 Å². The zero-order valence-corrected chi connectivity index (χ0v) is 25.4. The molecule has 15 nitrogen and oxygen atoms in total. The summed E-state index contributed by atoms with van der Waals surface area (Å²) in [5.41, 5.74) is 1.17. The standard InChI is InChI=1S/C31H40O15/c1-15-24(36)25(37)26(38)31(44-15)46-29-27(39)30(42-11-10-17-4-7-18(32)20(34)12-17)45-22(28(29)41-3)14-43-23(35)9-6-16-5-8-19(33)21(13-16)40-2/h4-9,12-13,15,22,24-34,36-39H,10-11,14H2,1-3H3/t15-,22+,24+,25-,26+,27+,28-,29+,30-,31-/m1/s1. The average molecular weight is 653 g/mol. The fraction of sp³-hybridized carbons (Fsp3) is 0.516. The summed E-state index contributed by atoms with van der Waals surface area (Å²) in [4.78, 5) is 12.6. The van der Waals surface area contributed by atoms with Gasteiger partial charge >= 0.3 is 5.97 Å². The highest BCUT2D eigenvalue weighted by Crippen LogP contribution is 2.32. The average Bonchev–Trinajstić information content (AvgIpc) is 3.04. The number of phenolic OH excluding ortho intramolecular Hbond substituents is 3. The lowest BCUT2D eigenvalue weighted by atomic mass is 9.97. The molecule has 46 heavy (non-hydrogen) atoms. The molecule has 0 amide bonds. The van der Waals surface area contributed by atoms with Gasteiger partial charge in [0, 0.05) is 13.2 Å². The first kappa shape index (κ1) is 35.3. The van der Waals surface area contributed by atoms with Gasteiger partial charge in [0.25, 0.3) is 0 Å². The maximum absolute atomic E-state index is 12.6. The van der Waals surface area contributed by atoms with Crippen LogP contribution in [0.1, 0.15) is 18.1 Å². The third-order valence-electron chi connectivity index (χ3n) is 7.70. The summed E-state index contributed by atoms with van der Waals surface area (Å²) in [7, 11) is 2.70. The van der Waals surface area contributed by atoms with Crippen molar-refractivity contribution in [2.75, 3.05) is 27.4 Å². The van der Waals surface area contributed by atoms with E-state index < -0.39 is 67.4 Å². The second-order valence-electron chi connectivity index (χ2n) is 10.9. The Morgan fingerprint density at radius 1 is 0.848 bits per heavy atom. The molecule has 2 aliphatic heterocycles. The molecule has 2 fully saturated rings. The number of hydrogen-bond donors (Lipinski definition) is 7. The second-order valence-corrected chi connectivity index (χ2v) is 10.9. The molecular weight excluding hydrogens is 612 g/mol. The van der Waals surface area contributed by atoms with E-state index in [4.69, 9.17) is 33.2 Å². The van der Waals surface area contributed by atoms with Crippen molar-refractivity contribution >= 4 is 12.0 Å². The highest BCUT2D eigenvalue weighted by molar-refractivity contribution is 5.87. The van der Waals surface area contributed by atoms with Crippen LogP contribution in [-0.4, -0.2) is 131 Å². The van der Waals surface area contributed by atoms with Gasteiger partial charge < -0.3 is 68.9 Å². The Hall–Kier alpha value is -3.51. The third kappa shape index (κ3) is 8.44. The smallest absolute Gasteiger partial charge is 0.330 e. The molecule has 2 saturated heterocycles. The molecule has 0 radical (unpaired) electrons. The molecule has 15 heteroatoms. The van der Waals surface area contributed by atoms with E-state index in [1.807, 2.05) is 0 Å². The van der Waals surface area contributed by atoms with Crippen LogP contribution in [0.2, 0.25) is 0 Å². The summed E-state index contributed by atoms with van der Waals surface area (Å²) in [6.07, 6.45) is -10.6. The number of methoxy groups -OCH3 is 2. The Kier molecular flexibility index (Phi) is 12.2. The molecule has 0 saturated carbocycles. The molecule has 10 atom stereocenters. The number of ether oxygens (including phenoxy) is 7. The number of carbonyl (C=O) groups excluding carboxylic acids is 1.